The minimum absolute atomic E-state index is 0. The van der Waals surface area contributed by atoms with Crippen LogP contribution in [0.5, 0.6) is 0 Å². The number of hydrogen-bond acceptors (Lipinski definition) is 2. The first kappa shape index (κ1) is 21.2. The fourth-order valence-corrected chi connectivity index (χ4v) is 3.02. The highest BCUT2D eigenvalue weighted by Crippen LogP contribution is 2.35. The van der Waals surface area contributed by atoms with Crippen LogP contribution in [0.4, 0.5) is 4.39 Å². The first-order chi connectivity index (χ1) is 11.0. The van der Waals surface area contributed by atoms with Crippen LogP contribution in [0.25, 0.3) is 0 Å². The summed E-state index contributed by atoms with van der Waals surface area (Å²) in [5, 5.41) is 16.8. The molecular weight excluding hydrogens is 420 g/mol. The normalized spacial score (nSPS) is 24.2. The Morgan fingerprint density at radius 2 is 2.17 bits per heavy atom. The van der Waals surface area contributed by atoms with Gasteiger partial charge in [0.05, 0.1) is 12.6 Å². The van der Waals surface area contributed by atoms with Gasteiger partial charge in [-0.2, -0.15) is 0 Å². The molecule has 1 aliphatic carbocycles. The van der Waals surface area contributed by atoms with Gasteiger partial charge in [-0.05, 0) is 37.5 Å². The molecule has 136 valence electrons. The van der Waals surface area contributed by atoms with Gasteiger partial charge in [-0.15, -0.1) is 24.0 Å². The number of hydrogen-bond donors (Lipinski definition) is 3. The monoisotopic (exact) mass is 449 g/mol. The van der Waals surface area contributed by atoms with Gasteiger partial charge in [-0.1, -0.05) is 31.9 Å². The van der Waals surface area contributed by atoms with E-state index in [-0.39, 0.29) is 41.3 Å². The largest absolute Gasteiger partial charge is 0.392 e. The SMILES string of the molecule is CCNC(=NCc1cccc(F)c1)NCC1(C)CCCCC1O.I. The maximum absolute atomic E-state index is 13.2. The Hall–Kier alpha value is -0.890. The van der Waals surface area contributed by atoms with Crippen molar-refractivity contribution in [3.05, 3.63) is 35.6 Å². The van der Waals surface area contributed by atoms with Crippen molar-refractivity contribution in [2.75, 3.05) is 13.1 Å². The molecule has 0 bridgehead atoms. The standard InChI is InChI=1S/C18H28FN3O.HI/c1-3-20-17(21-12-14-7-6-8-15(19)11-14)22-13-18(2)10-5-4-9-16(18)23;/h6-8,11,16,23H,3-5,9-10,12-13H2,1-2H3,(H2,20,21,22);1H. The van der Waals surface area contributed by atoms with Crippen LogP contribution in [-0.4, -0.2) is 30.3 Å². The summed E-state index contributed by atoms with van der Waals surface area (Å²) >= 11 is 0. The zero-order valence-corrected chi connectivity index (χ0v) is 16.8. The molecule has 2 rings (SSSR count). The Balaban J connectivity index is 0.00000288. The average molecular weight is 449 g/mol. The minimum atomic E-state index is -0.269. The summed E-state index contributed by atoms with van der Waals surface area (Å²) in [4.78, 5) is 4.51. The molecule has 6 heteroatoms. The van der Waals surface area contributed by atoms with Gasteiger partial charge in [-0.25, -0.2) is 9.38 Å². The molecule has 0 aromatic heterocycles. The molecule has 0 heterocycles. The molecule has 3 N–H and O–H groups in total. The van der Waals surface area contributed by atoms with Gasteiger partial charge in [0.1, 0.15) is 5.82 Å². The number of aliphatic imine (C=N–C) groups is 1. The molecule has 0 radical (unpaired) electrons. The van der Waals surface area contributed by atoms with E-state index in [9.17, 15) is 9.50 Å². The highest BCUT2D eigenvalue weighted by atomic mass is 127. The van der Waals surface area contributed by atoms with E-state index < -0.39 is 0 Å². The van der Waals surface area contributed by atoms with Crippen molar-refractivity contribution in [3.63, 3.8) is 0 Å². The van der Waals surface area contributed by atoms with Gasteiger partial charge in [0.2, 0.25) is 0 Å². The predicted octanol–water partition coefficient (Wildman–Crippen LogP) is 3.44. The zero-order chi connectivity index (χ0) is 16.7. The molecule has 1 aromatic carbocycles. The number of aliphatic hydroxyl groups is 1. The third kappa shape index (κ3) is 6.20. The summed E-state index contributed by atoms with van der Waals surface area (Å²) in [6.07, 6.45) is 3.88. The third-order valence-electron chi connectivity index (χ3n) is 4.59. The first-order valence-electron chi connectivity index (χ1n) is 8.48. The lowest BCUT2D eigenvalue weighted by Gasteiger charge is -2.38. The first-order valence-corrected chi connectivity index (χ1v) is 8.48. The van der Waals surface area contributed by atoms with E-state index in [1.165, 1.54) is 12.1 Å². The van der Waals surface area contributed by atoms with Crippen LogP contribution in [0, 0.1) is 11.2 Å². The Bertz CT molecular complexity index is 541. The number of aliphatic hydroxyl groups excluding tert-OH is 1. The number of benzene rings is 1. The smallest absolute Gasteiger partial charge is 0.191 e. The fraction of sp³-hybridized carbons (Fsp3) is 0.611. The van der Waals surface area contributed by atoms with Crippen molar-refractivity contribution in [1.82, 2.24) is 10.6 Å². The topological polar surface area (TPSA) is 56.7 Å². The molecule has 1 fully saturated rings. The Morgan fingerprint density at radius 1 is 1.38 bits per heavy atom. The lowest BCUT2D eigenvalue weighted by atomic mass is 9.73. The van der Waals surface area contributed by atoms with Crippen molar-refractivity contribution < 1.29 is 9.50 Å². The second-order valence-electron chi connectivity index (χ2n) is 6.59. The van der Waals surface area contributed by atoms with Crippen LogP contribution in [0.2, 0.25) is 0 Å². The molecule has 1 saturated carbocycles. The van der Waals surface area contributed by atoms with Crippen LogP contribution < -0.4 is 10.6 Å². The number of halogens is 2. The number of guanidine groups is 1. The summed E-state index contributed by atoms with van der Waals surface area (Å²) in [5.74, 6) is 0.462. The van der Waals surface area contributed by atoms with Gasteiger partial charge >= 0.3 is 0 Å². The van der Waals surface area contributed by atoms with E-state index in [1.807, 2.05) is 13.0 Å². The van der Waals surface area contributed by atoms with Crippen LogP contribution in [0.15, 0.2) is 29.3 Å². The molecule has 1 aliphatic rings. The van der Waals surface area contributed by atoms with Crippen LogP contribution in [0.1, 0.15) is 45.1 Å². The molecule has 2 atom stereocenters. The van der Waals surface area contributed by atoms with Crippen LogP contribution in [0.3, 0.4) is 0 Å². The maximum atomic E-state index is 13.2. The summed E-state index contributed by atoms with van der Waals surface area (Å²) in [6.45, 7) is 6.00. The summed E-state index contributed by atoms with van der Waals surface area (Å²) < 4.78 is 13.2. The number of nitrogens with zero attached hydrogens (tertiary/aromatic N) is 1. The Morgan fingerprint density at radius 3 is 2.83 bits per heavy atom. The number of nitrogens with one attached hydrogen (secondary N) is 2. The average Bonchev–Trinajstić information content (AvgIpc) is 2.53. The lowest BCUT2D eigenvalue weighted by Crippen LogP contribution is -2.48. The predicted molar refractivity (Wildman–Crippen MR) is 107 cm³/mol. The minimum Gasteiger partial charge on any atom is -0.392 e. The van der Waals surface area contributed by atoms with Crippen molar-refractivity contribution in [2.45, 2.75) is 52.2 Å². The molecular formula is C18H29FIN3O. The summed E-state index contributed by atoms with van der Waals surface area (Å²) in [6, 6.07) is 6.49. The van der Waals surface area contributed by atoms with Gasteiger partial charge in [0, 0.05) is 18.5 Å². The molecule has 0 saturated heterocycles. The number of rotatable bonds is 5. The Labute approximate surface area is 161 Å². The molecule has 1 aromatic rings. The van der Waals surface area contributed by atoms with Crippen molar-refractivity contribution in [1.29, 1.82) is 0 Å². The van der Waals surface area contributed by atoms with E-state index in [2.05, 4.69) is 22.5 Å². The van der Waals surface area contributed by atoms with E-state index >= 15 is 0 Å². The van der Waals surface area contributed by atoms with Crippen molar-refractivity contribution >= 4 is 29.9 Å². The molecule has 2 unspecified atom stereocenters. The lowest BCUT2D eigenvalue weighted by molar-refractivity contribution is 0.00397. The van der Waals surface area contributed by atoms with E-state index in [1.54, 1.807) is 6.07 Å². The van der Waals surface area contributed by atoms with Gasteiger partial charge in [-0.3, -0.25) is 0 Å². The van der Waals surface area contributed by atoms with Crippen LogP contribution >= 0.6 is 24.0 Å². The van der Waals surface area contributed by atoms with Gasteiger partial charge < -0.3 is 15.7 Å². The van der Waals surface area contributed by atoms with Crippen molar-refractivity contribution in [2.24, 2.45) is 10.4 Å². The molecule has 4 nitrogen and oxygen atoms in total. The van der Waals surface area contributed by atoms with E-state index in [0.717, 1.165) is 37.8 Å². The highest BCUT2D eigenvalue weighted by Gasteiger charge is 2.35. The van der Waals surface area contributed by atoms with Gasteiger partial charge in [0.15, 0.2) is 5.96 Å². The maximum Gasteiger partial charge on any atom is 0.191 e. The third-order valence-corrected chi connectivity index (χ3v) is 4.59. The second kappa shape index (κ2) is 10.2. The molecule has 0 aliphatic heterocycles. The quantitative estimate of drug-likeness (QED) is 0.367. The fourth-order valence-electron chi connectivity index (χ4n) is 3.02. The van der Waals surface area contributed by atoms with E-state index in [4.69, 9.17) is 0 Å². The van der Waals surface area contributed by atoms with Crippen LogP contribution in [-0.2, 0) is 6.54 Å². The molecule has 24 heavy (non-hydrogen) atoms. The molecule has 0 spiro atoms. The zero-order valence-electron chi connectivity index (χ0n) is 14.5. The van der Waals surface area contributed by atoms with Crippen molar-refractivity contribution in [3.8, 4) is 0 Å². The second-order valence-corrected chi connectivity index (χ2v) is 6.59. The Kier molecular flexibility index (Phi) is 8.97. The van der Waals surface area contributed by atoms with Gasteiger partial charge in [0.25, 0.3) is 0 Å². The highest BCUT2D eigenvalue weighted by molar-refractivity contribution is 14.0. The van der Waals surface area contributed by atoms with E-state index in [0.29, 0.717) is 19.0 Å². The summed E-state index contributed by atoms with van der Waals surface area (Å²) in [7, 11) is 0. The summed E-state index contributed by atoms with van der Waals surface area (Å²) in [5.41, 5.74) is 0.721. The molecule has 0 amide bonds.